The second-order valence-corrected chi connectivity index (χ2v) is 25.6. The lowest BCUT2D eigenvalue weighted by molar-refractivity contribution is -0.143. The molecule has 0 aromatic rings. The standard InChI is InChI=1S/C76H145NO5/c1-3-5-7-9-11-13-15-16-17-18-19-20-21-27-30-33-36-39-42-45-49-52-56-60-64-68-74(79)73(72-78)77-75(80)69-65-61-57-53-50-46-43-40-37-34-31-28-25-23-22-24-26-29-32-35-38-41-44-47-51-55-59-63-67-71-82-76(81)70-66-62-58-54-48-14-12-10-8-6-4-2/h22,24,29,32,64,68,73-74,78-79H,3-21,23,25-28,30-31,33-63,65-67,69-72H2,1-2H3,(H,77,80)/b24-22-,32-29-,68-64+. The smallest absolute Gasteiger partial charge is 0.305 e. The van der Waals surface area contributed by atoms with Crippen LogP contribution in [0.25, 0.3) is 0 Å². The van der Waals surface area contributed by atoms with Crippen molar-refractivity contribution in [2.24, 2.45) is 0 Å². The molecule has 0 bridgehead atoms. The summed E-state index contributed by atoms with van der Waals surface area (Å²) in [6, 6.07) is -0.630. The minimum atomic E-state index is -0.847. The maximum absolute atomic E-state index is 12.5. The molecule has 0 aliphatic heterocycles. The van der Waals surface area contributed by atoms with Gasteiger partial charge in [0.15, 0.2) is 0 Å². The first-order valence-corrected chi connectivity index (χ1v) is 37.3. The number of unbranched alkanes of at least 4 members (excludes halogenated alkanes) is 55. The predicted molar refractivity (Wildman–Crippen MR) is 361 cm³/mol. The Balaban J connectivity index is 3.43. The van der Waals surface area contributed by atoms with Crippen LogP contribution in [0.1, 0.15) is 412 Å². The lowest BCUT2D eigenvalue weighted by atomic mass is 10.0. The van der Waals surface area contributed by atoms with Crippen molar-refractivity contribution in [1.29, 1.82) is 0 Å². The van der Waals surface area contributed by atoms with Gasteiger partial charge in [-0.05, 0) is 64.2 Å². The maximum atomic E-state index is 12.5. The first-order valence-electron chi connectivity index (χ1n) is 37.3. The van der Waals surface area contributed by atoms with E-state index < -0.39 is 12.1 Å². The van der Waals surface area contributed by atoms with Gasteiger partial charge >= 0.3 is 5.97 Å². The number of hydrogen-bond donors (Lipinski definition) is 3. The van der Waals surface area contributed by atoms with Crippen LogP contribution in [-0.4, -0.2) is 47.4 Å². The number of ether oxygens (including phenoxy) is 1. The molecule has 1 amide bonds. The molecule has 0 saturated heterocycles. The van der Waals surface area contributed by atoms with Crippen LogP contribution in [-0.2, 0) is 14.3 Å². The van der Waals surface area contributed by atoms with E-state index in [1.165, 1.54) is 340 Å². The fourth-order valence-electron chi connectivity index (χ4n) is 11.7. The molecule has 0 spiro atoms. The zero-order chi connectivity index (χ0) is 59.2. The number of carbonyl (C=O) groups excluding carboxylic acids is 2. The molecule has 0 rings (SSSR count). The molecule has 0 aromatic carbocycles. The van der Waals surface area contributed by atoms with E-state index in [1.807, 2.05) is 6.08 Å². The Morgan fingerprint density at radius 1 is 0.341 bits per heavy atom. The number of esters is 1. The summed E-state index contributed by atoms with van der Waals surface area (Å²) >= 11 is 0. The Bertz CT molecular complexity index is 1330. The van der Waals surface area contributed by atoms with Crippen LogP contribution < -0.4 is 5.32 Å². The molecule has 0 fully saturated rings. The monoisotopic (exact) mass is 1150 g/mol. The molecule has 484 valence electrons. The van der Waals surface area contributed by atoms with Crippen LogP contribution >= 0.6 is 0 Å². The topological polar surface area (TPSA) is 95.9 Å². The summed E-state index contributed by atoms with van der Waals surface area (Å²) in [5, 5.41) is 23.3. The normalized spacial score (nSPS) is 12.7. The van der Waals surface area contributed by atoms with Crippen LogP contribution in [0.5, 0.6) is 0 Å². The number of aliphatic hydroxyl groups is 2. The van der Waals surface area contributed by atoms with Crippen molar-refractivity contribution < 1.29 is 24.5 Å². The summed E-state index contributed by atoms with van der Waals surface area (Å²) in [5.41, 5.74) is 0. The van der Waals surface area contributed by atoms with Crippen molar-refractivity contribution in [3.63, 3.8) is 0 Å². The van der Waals surface area contributed by atoms with Gasteiger partial charge in [-0.2, -0.15) is 0 Å². The summed E-state index contributed by atoms with van der Waals surface area (Å²) in [5.74, 6) is -0.0525. The Morgan fingerprint density at radius 3 is 0.927 bits per heavy atom. The second-order valence-electron chi connectivity index (χ2n) is 25.6. The molecule has 0 aromatic heterocycles. The largest absolute Gasteiger partial charge is 0.466 e. The fraction of sp³-hybridized carbons (Fsp3) is 0.895. The first kappa shape index (κ1) is 80.1. The van der Waals surface area contributed by atoms with Gasteiger partial charge in [0.05, 0.1) is 25.4 Å². The van der Waals surface area contributed by atoms with E-state index in [4.69, 9.17) is 4.74 Å². The SMILES string of the molecule is CCCCCCCCCCCCCCCCCCCCCCCCC/C=C/C(O)C(CO)NC(=O)CCCCCCCCCCCCCCC/C=C\C/C=C\CCCCCCCCCCCOC(=O)CCCCCCCCCCCCC. The molecule has 2 unspecified atom stereocenters. The van der Waals surface area contributed by atoms with Gasteiger partial charge in [0.25, 0.3) is 0 Å². The van der Waals surface area contributed by atoms with E-state index in [0.29, 0.717) is 19.4 Å². The summed E-state index contributed by atoms with van der Waals surface area (Å²) in [7, 11) is 0. The third-order valence-corrected chi connectivity index (χ3v) is 17.4. The van der Waals surface area contributed by atoms with E-state index in [1.54, 1.807) is 6.08 Å². The highest BCUT2D eigenvalue weighted by Gasteiger charge is 2.18. The first-order chi connectivity index (χ1) is 40.5. The molecule has 82 heavy (non-hydrogen) atoms. The number of hydrogen-bond acceptors (Lipinski definition) is 5. The highest BCUT2D eigenvalue weighted by Crippen LogP contribution is 2.19. The van der Waals surface area contributed by atoms with E-state index in [2.05, 4.69) is 43.5 Å². The van der Waals surface area contributed by atoms with Gasteiger partial charge in [0.2, 0.25) is 5.91 Å². The Hall–Kier alpha value is -1.92. The van der Waals surface area contributed by atoms with Crippen LogP contribution in [0.15, 0.2) is 36.5 Å². The second kappa shape index (κ2) is 71.6. The zero-order valence-corrected chi connectivity index (χ0v) is 55.5. The molecule has 0 saturated carbocycles. The molecular weight excluding hydrogens is 1010 g/mol. The maximum Gasteiger partial charge on any atom is 0.305 e. The van der Waals surface area contributed by atoms with Gasteiger partial charge in [0.1, 0.15) is 0 Å². The quantitative estimate of drug-likeness (QED) is 0.0320. The number of allylic oxidation sites excluding steroid dienone is 5. The van der Waals surface area contributed by atoms with Crippen LogP contribution in [0.4, 0.5) is 0 Å². The van der Waals surface area contributed by atoms with Crippen molar-refractivity contribution in [3.05, 3.63) is 36.5 Å². The van der Waals surface area contributed by atoms with Crippen LogP contribution in [0.2, 0.25) is 0 Å². The summed E-state index contributed by atoms with van der Waals surface area (Å²) in [4.78, 5) is 24.6. The predicted octanol–water partition coefficient (Wildman–Crippen LogP) is 24.3. The molecule has 0 aliphatic carbocycles. The van der Waals surface area contributed by atoms with Gasteiger partial charge in [-0.25, -0.2) is 0 Å². The van der Waals surface area contributed by atoms with Gasteiger partial charge in [-0.3, -0.25) is 9.59 Å². The third-order valence-electron chi connectivity index (χ3n) is 17.4. The van der Waals surface area contributed by atoms with Crippen molar-refractivity contribution in [2.45, 2.75) is 424 Å². The minimum absolute atomic E-state index is 0.0119. The Labute approximate surface area is 513 Å². The number of aliphatic hydroxyl groups excluding tert-OH is 2. The highest BCUT2D eigenvalue weighted by atomic mass is 16.5. The molecule has 3 N–H and O–H groups in total. The number of rotatable bonds is 70. The summed E-state index contributed by atoms with van der Waals surface area (Å²) in [6.45, 7) is 4.94. The lowest BCUT2D eigenvalue weighted by Gasteiger charge is -2.20. The van der Waals surface area contributed by atoms with E-state index in [9.17, 15) is 19.8 Å². The number of amides is 1. The van der Waals surface area contributed by atoms with Crippen molar-refractivity contribution in [2.75, 3.05) is 13.2 Å². The molecular formula is C76H145NO5. The zero-order valence-electron chi connectivity index (χ0n) is 55.5. The van der Waals surface area contributed by atoms with Gasteiger partial charge in [-0.1, -0.05) is 371 Å². The molecule has 6 heteroatoms. The molecule has 2 atom stereocenters. The molecule has 6 nitrogen and oxygen atoms in total. The number of carbonyl (C=O) groups is 2. The molecule has 0 aliphatic rings. The Morgan fingerprint density at radius 2 is 0.610 bits per heavy atom. The minimum Gasteiger partial charge on any atom is -0.466 e. The Kier molecular flexibility index (Phi) is 69.9. The molecule has 0 radical (unpaired) electrons. The summed E-state index contributed by atoms with van der Waals surface area (Å²) < 4.78 is 5.47. The van der Waals surface area contributed by atoms with Crippen LogP contribution in [0.3, 0.4) is 0 Å². The average Bonchev–Trinajstić information content (AvgIpc) is 3.48. The van der Waals surface area contributed by atoms with E-state index >= 15 is 0 Å². The third kappa shape index (κ3) is 67.2. The van der Waals surface area contributed by atoms with Crippen LogP contribution in [0, 0.1) is 0 Å². The fourth-order valence-corrected chi connectivity index (χ4v) is 11.7. The highest BCUT2D eigenvalue weighted by molar-refractivity contribution is 5.76. The average molecular weight is 1150 g/mol. The van der Waals surface area contributed by atoms with Gasteiger partial charge in [0, 0.05) is 12.8 Å². The van der Waals surface area contributed by atoms with E-state index in [0.717, 1.165) is 44.9 Å². The van der Waals surface area contributed by atoms with Gasteiger partial charge in [-0.15, -0.1) is 0 Å². The van der Waals surface area contributed by atoms with Crippen molar-refractivity contribution in [1.82, 2.24) is 5.32 Å². The molecule has 0 heterocycles. The summed E-state index contributed by atoms with van der Waals surface area (Å²) in [6.07, 6.45) is 92.4. The van der Waals surface area contributed by atoms with Crippen molar-refractivity contribution in [3.8, 4) is 0 Å². The number of nitrogens with one attached hydrogen (secondary N) is 1. The van der Waals surface area contributed by atoms with E-state index in [-0.39, 0.29) is 18.5 Å². The lowest BCUT2D eigenvalue weighted by Crippen LogP contribution is -2.45. The van der Waals surface area contributed by atoms with Crippen molar-refractivity contribution >= 4 is 11.9 Å². The van der Waals surface area contributed by atoms with Gasteiger partial charge < -0.3 is 20.3 Å².